The summed E-state index contributed by atoms with van der Waals surface area (Å²) in [5, 5.41) is 12.1. The second kappa shape index (κ2) is 8.76. The second-order valence-corrected chi connectivity index (χ2v) is 4.43. The molecule has 0 aliphatic carbocycles. The van der Waals surface area contributed by atoms with Gasteiger partial charge in [0, 0.05) is 6.04 Å². The largest absolute Gasteiger partial charge is 0.362 e. The Morgan fingerprint density at radius 3 is 2.53 bits per heavy atom. The van der Waals surface area contributed by atoms with Crippen LogP contribution in [0.5, 0.6) is 0 Å². The summed E-state index contributed by atoms with van der Waals surface area (Å²) in [4.78, 5) is 0. The maximum atomic E-state index is 8.95. The topological polar surface area (TPSA) is 61.8 Å². The highest BCUT2D eigenvalue weighted by molar-refractivity contribution is 6.04. The van der Waals surface area contributed by atoms with E-state index in [4.69, 9.17) is 11.0 Å². The SMILES string of the molecule is BNCC(C)CCC(N)C(C#N)CCC. The molecular weight excluding hydrogens is 185 g/mol. The van der Waals surface area contributed by atoms with Crippen molar-refractivity contribution in [1.29, 1.82) is 5.26 Å². The van der Waals surface area contributed by atoms with Gasteiger partial charge < -0.3 is 11.0 Å². The molecule has 0 amide bonds. The summed E-state index contributed by atoms with van der Waals surface area (Å²) in [6.07, 6.45) is 4.03. The zero-order valence-electron chi connectivity index (χ0n) is 10.3. The first-order valence-corrected chi connectivity index (χ1v) is 5.95. The fourth-order valence-corrected chi connectivity index (χ4v) is 1.81. The van der Waals surface area contributed by atoms with Crippen LogP contribution in [0.15, 0.2) is 0 Å². The molecule has 3 atom stereocenters. The minimum absolute atomic E-state index is 0.0387. The standard InChI is InChI=1S/C11H24BN3/c1-3-4-10(7-13)11(14)6-5-9(2)8-15-12/h9-11,15H,3-6,8,12,14H2,1-2H3. The molecule has 15 heavy (non-hydrogen) atoms. The van der Waals surface area contributed by atoms with E-state index < -0.39 is 0 Å². The van der Waals surface area contributed by atoms with Crippen molar-refractivity contribution in [2.45, 2.75) is 45.6 Å². The van der Waals surface area contributed by atoms with Crippen molar-refractivity contribution in [2.24, 2.45) is 17.6 Å². The van der Waals surface area contributed by atoms with Crippen LogP contribution in [0.4, 0.5) is 0 Å². The molecule has 0 aliphatic rings. The molecule has 0 heterocycles. The van der Waals surface area contributed by atoms with Gasteiger partial charge in [0.05, 0.1) is 12.0 Å². The van der Waals surface area contributed by atoms with E-state index in [2.05, 4.69) is 25.1 Å². The average Bonchev–Trinajstić information content (AvgIpc) is 2.23. The van der Waals surface area contributed by atoms with E-state index in [1.54, 1.807) is 0 Å². The van der Waals surface area contributed by atoms with Gasteiger partial charge in [-0.3, -0.25) is 0 Å². The quantitative estimate of drug-likeness (QED) is 0.581. The van der Waals surface area contributed by atoms with Gasteiger partial charge in [-0.05, 0) is 31.7 Å². The predicted octanol–water partition coefficient (Wildman–Crippen LogP) is 0.808. The van der Waals surface area contributed by atoms with E-state index in [0.29, 0.717) is 5.92 Å². The van der Waals surface area contributed by atoms with Crippen LogP contribution in [-0.4, -0.2) is 20.6 Å². The molecule has 0 fully saturated rings. The highest BCUT2D eigenvalue weighted by atomic mass is 14.7. The third kappa shape index (κ3) is 6.54. The van der Waals surface area contributed by atoms with Gasteiger partial charge in [0.25, 0.3) is 0 Å². The lowest BCUT2D eigenvalue weighted by molar-refractivity contribution is 0.400. The molecule has 0 radical (unpaired) electrons. The van der Waals surface area contributed by atoms with Gasteiger partial charge in [-0.1, -0.05) is 20.3 Å². The van der Waals surface area contributed by atoms with Crippen LogP contribution in [0.2, 0.25) is 0 Å². The maximum absolute atomic E-state index is 8.95. The van der Waals surface area contributed by atoms with Gasteiger partial charge in [0.2, 0.25) is 0 Å². The lowest BCUT2D eigenvalue weighted by Crippen LogP contribution is -2.30. The molecule has 0 aliphatic heterocycles. The summed E-state index contributed by atoms with van der Waals surface area (Å²) in [5.41, 5.74) is 6.02. The van der Waals surface area contributed by atoms with Crippen molar-refractivity contribution in [3.8, 4) is 6.07 Å². The average molecular weight is 209 g/mol. The molecule has 0 spiro atoms. The summed E-state index contributed by atoms with van der Waals surface area (Å²) in [7, 11) is 1.96. The molecule has 3 N–H and O–H groups in total. The summed E-state index contributed by atoms with van der Waals surface area (Å²) in [6.45, 7) is 5.34. The smallest absolute Gasteiger partial charge is 0.181 e. The van der Waals surface area contributed by atoms with E-state index in [0.717, 1.165) is 32.2 Å². The zero-order chi connectivity index (χ0) is 11.7. The van der Waals surface area contributed by atoms with E-state index in [1.807, 2.05) is 7.98 Å². The van der Waals surface area contributed by atoms with Crippen LogP contribution in [0, 0.1) is 23.2 Å². The molecular formula is C11H24BN3. The predicted molar refractivity (Wildman–Crippen MR) is 66.9 cm³/mol. The van der Waals surface area contributed by atoms with E-state index >= 15 is 0 Å². The van der Waals surface area contributed by atoms with E-state index in [1.165, 1.54) is 0 Å². The Bertz CT molecular complexity index is 191. The fourth-order valence-electron chi connectivity index (χ4n) is 1.81. The fraction of sp³-hybridized carbons (Fsp3) is 0.909. The third-order valence-electron chi connectivity index (χ3n) is 2.83. The Labute approximate surface area is 94.8 Å². The first kappa shape index (κ1) is 14.5. The van der Waals surface area contributed by atoms with Crippen molar-refractivity contribution in [3.05, 3.63) is 0 Å². The number of hydrogen-bond donors (Lipinski definition) is 2. The summed E-state index contributed by atoms with van der Waals surface area (Å²) in [6, 6.07) is 2.37. The summed E-state index contributed by atoms with van der Waals surface area (Å²) < 4.78 is 0. The molecule has 86 valence electrons. The second-order valence-electron chi connectivity index (χ2n) is 4.43. The van der Waals surface area contributed by atoms with Crippen LogP contribution >= 0.6 is 0 Å². The zero-order valence-corrected chi connectivity index (χ0v) is 10.3. The lowest BCUT2D eigenvalue weighted by Gasteiger charge is -2.19. The number of rotatable bonds is 8. The van der Waals surface area contributed by atoms with Crippen molar-refractivity contribution >= 4 is 7.98 Å². The van der Waals surface area contributed by atoms with Gasteiger partial charge in [-0.2, -0.15) is 5.26 Å². The van der Waals surface area contributed by atoms with E-state index in [-0.39, 0.29) is 12.0 Å². The minimum Gasteiger partial charge on any atom is -0.362 e. The molecule has 0 saturated heterocycles. The highest BCUT2D eigenvalue weighted by Gasteiger charge is 2.16. The van der Waals surface area contributed by atoms with Crippen LogP contribution in [0.25, 0.3) is 0 Å². The lowest BCUT2D eigenvalue weighted by atomic mass is 9.91. The molecule has 0 rings (SSSR count). The number of nitrogens with zero attached hydrogens (tertiary/aromatic N) is 1. The Hall–Kier alpha value is -0.525. The number of hydrogen-bond acceptors (Lipinski definition) is 3. The highest BCUT2D eigenvalue weighted by Crippen LogP contribution is 2.15. The maximum Gasteiger partial charge on any atom is 0.181 e. The molecule has 0 saturated carbocycles. The molecule has 4 heteroatoms. The summed E-state index contributed by atoms with van der Waals surface area (Å²) in [5.74, 6) is 0.679. The number of nitrogens with two attached hydrogens (primary N) is 1. The Balaban J connectivity index is 3.80. The van der Waals surface area contributed by atoms with Gasteiger partial charge in [0.1, 0.15) is 0 Å². The van der Waals surface area contributed by atoms with Crippen LogP contribution in [-0.2, 0) is 0 Å². The van der Waals surface area contributed by atoms with Gasteiger partial charge in [-0.25, -0.2) is 0 Å². The molecule has 0 aromatic heterocycles. The van der Waals surface area contributed by atoms with Crippen molar-refractivity contribution < 1.29 is 0 Å². The molecule has 0 aromatic rings. The van der Waals surface area contributed by atoms with Crippen LogP contribution in [0.3, 0.4) is 0 Å². The summed E-state index contributed by atoms with van der Waals surface area (Å²) >= 11 is 0. The molecule has 3 nitrogen and oxygen atoms in total. The molecule has 3 unspecified atom stereocenters. The van der Waals surface area contributed by atoms with Crippen molar-refractivity contribution in [3.63, 3.8) is 0 Å². The Morgan fingerprint density at radius 1 is 1.40 bits per heavy atom. The van der Waals surface area contributed by atoms with Gasteiger partial charge >= 0.3 is 0 Å². The van der Waals surface area contributed by atoms with Gasteiger partial charge in [0.15, 0.2) is 7.98 Å². The van der Waals surface area contributed by atoms with Crippen molar-refractivity contribution in [1.82, 2.24) is 5.23 Å². The van der Waals surface area contributed by atoms with E-state index in [9.17, 15) is 0 Å². The Kier molecular flexibility index (Phi) is 8.45. The van der Waals surface area contributed by atoms with Crippen LogP contribution < -0.4 is 11.0 Å². The minimum atomic E-state index is 0.0387. The van der Waals surface area contributed by atoms with Crippen LogP contribution in [0.1, 0.15) is 39.5 Å². The van der Waals surface area contributed by atoms with Gasteiger partial charge in [-0.15, -0.1) is 0 Å². The van der Waals surface area contributed by atoms with Crippen molar-refractivity contribution in [2.75, 3.05) is 6.54 Å². The molecule has 0 bridgehead atoms. The normalized spacial score (nSPS) is 16.7. The third-order valence-corrected chi connectivity index (χ3v) is 2.83. The number of nitrogens with one attached hydrogen (secondary N) is 1. The number of nitriles is 1. The first-order chi connectivity index (χ1) is 7.15. The monoisotopic (exact) mass is 209 g/mol. The first-order valence-electron chi connectivity index (χ1n) is 5.95. The molecule has 0 aromatic carbocycles. The Morgan fingerprint density at radius 2 is 2.07 bits per heavy atom.